The van der Waals surface area contributed by atoms with Gasteiger partial charge in [0.25, 0.3) is 0 Å². The SMILES string of the molecule is CC1COC(C2CCC(C3CCC(C(F)(F)Oc4ccc(-c5cc(F)c(OC(F)(F)F)c(F)c5)cc4)CC3)CC2)OC1. The van der Waals surface area contributed by atoms with Gasteiger partial charge in [-0.1, -0.05) is 19.1 Å². The molecule has 0 N–H and O–H groups in total. The van der Waals surface area contributed by atoms with E-state index in [1.807, 2.05) is 0 Å². The summed E-state index contributed by atoms with van der Waals surface area (Å²) in [4.78, 5) is 0. The van der Waals surface area contributed by atoms with Crippen molar-refractivity contribution in [2.75, 3.05) is 13.2 Å². The summed E-state index contributed by atoms with van der Waals surface area (Å²) in [7, 11) is 0. The topological polar surface area (TPSA) is 36.9 Å². The fourth-order valence-electron chi connectivity index (χ4n) is 6.60. The first-order valence-electron chi connectivity index (χ1n) is 14.5. The molecule has 0 amide bonds. The van der Waals surface area contributed by atoms with Gasteiger partial charge in [0, 0.05) is 11.8 Å². The van der Waals surface area contributed by atoms with Gasteiger partial charge in [-0.15, -0.1) is 13.2 Å². The Bertz CT molecular complexity index is 1160. The fourth-order valence-corrected chi connectivity index (χ4v) is 6.60. The molecule has 1 saturated heterocycles. The second-order valence-corrected chi connectivity index (χ2v) is 11.9. The lowest BCUT2D eigenvalue weighted by atomic mass is 9.69. The van der Waals surface area contributed by atoms with Crippen molar-refractivity contribution in [3.05, 3.63) is 48.0 Å². The second-order valence-electron chi connectivity index (χ2n) is 11.9. The maximum absolute atomic E-state index is 15.1. The van der Waals surface area contributed by atoms with E-state index in [2.05, 4.69) is 11.7 Å². The van der Waals surface area contributed by atoms with Gasteiger partial charge in [-0.25, -0.2) is 8.78 Å². The van der Waals surface area contributed by atoms with Crippen molar-refractivity contribution in [2.24, 2.45) is 29.6 Å². The Morgan fingerprint density at radius 2 is 1.17 bits per heavy atom. The Morgan fingerprint density at radius 3 is 1.69 bits per heavy atom. The Hall–Kier alpha value is -2.53. The van der Waals surface area contributed by atoms with Gasteiger partial charge in [-0.2, -0.15) is 8.78 Å². The molecule has 3 aliphatic rings. The van der Waals surface area contributed by atoms with Crippen LogP contribution in [0.15, 0.2) is 36.4 Å². The standard InChI is InChI=1S/C31H35F7O4/c1-18-16-39-29(40-17-18)22-4-2-19(3-5-22)20-6-10-24(11-7-20)30(34,35)41-25-12-8-21(9-13-25)23-14-26(32)28(27(33)15-23)42-31(36,37)38/h8-9,12-15,18-20,22,24,29H,2-7,10-11,16-17H2,1H3. The van der Waals surface area contributed by atoms with Crippen LogP contribution < -0.4 is 9.47 Å². The van der Waals surface area contributed by atoms with Crippen LogP contribution in [0.5, 0.6) is 11.5 Å². The minimum absolute atomic E-state index is 0.0846. The highest BCUT2D eigenvalue weighted by molar-refractivity contribution is 5.65. The fraction of sp³-hybridized carbons (Fsp3) is 0.613. The molecule has 0 bridgehead atoms. The van der Waals surface area contributed by atoms with Crippen molar-refractivity contribution in [1.29, 1.82) is 0 Å². The monoisotopic (exact) mass is 604 g/mol. The summed E-state index contributed by atoms with van der Waals surface area (Å²) in [6, 6.07) is 6.45. The molecule has 0 unspecified atom stereocenters. The molecule has 0 atom stereocenters. The molecule has 2 aromatic carbocycles. The summed E-state index contributed by atoms with van der Waals surface area (Å²) in [5.74, 6) is -3.94. The van der Waals surface area contributed by atoms with Gasteiger partial charge in [-0.05, 0) is 98.6 Å². The van der Waals surface area contributed by atoms with Crippen LogP contribution in [0.2, 0.25) is 0 Å². The van der Waals surface area contributed by atoms with Gasteiger partial charge in [0.15, 0.2) is 17.9 Å². The second kappa shape index (κ2) is 12.6. The van der Waals surface area contributed by atoms with E-state index in [9.17, 15) is 22.0 Å². The maximum Gasteiger partial charge on any atom is 0.573 e. The van der Waals surface area contributed by atoms with Gasteiger partial charge in [0.05, 0.1) is 19.1 Å². The van der Waals surface area contributed by atoms with E-state index in [-0.39, 0.29) is 23.2 Å². The molecule has 11 heteroatoms. The molecule has 2 saturated carbocycles. The minimum Gasteiger partial charge on any atom is -0.432 e. The van der Waals surface area contributed by atoms with Crippen LogP contribution in [0.25, 0.3) is 11.1 Å². The van der Waals surface area contributed by atoms with Crippen LogP contribution in [0.4, 0.5) is 30.7 Å². The summed E-state index contributed by atoms with van der Waals surface area (Å²) in [5, 5.41) is 0. The Morgan fingerprint density at radius 1 is 0.667 bits per heavy atom. The van der Waals surface area contributed by atoms with Crippen LogP contribution in [0.1, 0.15) is 58.3 Å². The molecule has 4 nitrogen and oxygen atoms in total. The normalized spacial score (nSPS) is 29.2. The third-order valence-electron chi connectivity index (χ3n) is 8.86. The Balaban J connectivity index is 1.11. The van der Waals surface area contributed by atoms with Gasteiger partial charge >= 0.3 is 12.5 Å². The lowest BCUT2D eigenvalue weighted by molar-refractivity contribution is -0.276. The molecule has 3 fully saturated rings. The average Bonchev–Trinajstić information content (AvgIpc) is 2.95. The minimum atomic E-state index is -5.26. The number of halogens is 7. The number of rotatable bonds is 7. The van der Waals surface area contributed by atoms with Crippen molar-refractivity contribution in [3.8, 4) is 22.6 Å². The van der Waals surface area contributed by atoms with Crippen LogP contribution in [-0.4, -0.2) is 32.0 Å². The molecular weight excluding hydrogens is 569 g/mol. The first-order chi connectivity index (χ1) is 19.9. The zero-order chi connectivity index (χ0) is 30.1. The Labute approximate surface area is 240 Å². The van der Waals surface area contributed by atoms with E-state index < -0.39 is 35.8 Å². The lowest BCUT2D eigenvalue weighted by Crippen LogP contribution is -2.40. The van der Waals surface area contributed by atoms with E-state index in [4.69, 9.17) is 14.2 Å². The molecule has 1 heterocycles. The molecule has 0 aromatic heterocycles. The highest BCUT2D eigenvalue weighted by atomic mass is 19.4. The van der Waals surface area contributed by atoms with E-state index >= 15 is 8.78 Å². The first-order valence-corrected chi connectivity index (χ1v) is 14.5. The Kier molecular flexibility index (Phi) is 9.27. The van der Waals surface area contributed by atoms with Crippen LogP contribution in [0.3, 0.4) is 0 Å². The number of alkyl halides is 5. The largest absolute Gasteiger partial charge is 0.573 e. The lowest BCUT2D eigenvalue weighted by Gasteiger charge is -2.41. The van der Waals surface area contributed by atoms with Crippen molar-refractivity contribution in [1.82, 2.24) is 0 Å². The van der Waals surface area contributed by atoms with E-state index in [0.29, 0.717) is 48.6 Å². The molecule has 5 rings (SSSR count). The maximum atomic E-state index is 15.1. The van der Waals surface area contributed by atoms with Crippen LogP contribution in [0, 0.1) is 41.2 Å². The highest BCUT2D eigenvalue weighted by Crippen LogP contribution is 2.46. The predicted octanol–water partition coefficient (Wildman–Crippen LogP) is 9.12. The molecule has 0 radical (unpaired) electrons. The summed E-state index contributed by atoms with van der Waals surface area (Å²) in [6.45, 7) is 3.56. The van der Waals surface area contributed by atoms with Gasteiger partial charge in [-0.3, -0.25) is 0 Å². The zero-order valence-corrected chi connectivity index (χ0v) is 23.3. The van der Waals surface area contributed by atoms with Crippen molar-refractivity contribution >= 4 is 0 Å². The third-order valence-corrected chi connectivity index (χ3v) is 8.86. The smallest absolute Gasteiger partial charge is 0.432 e. The third kappa shape index (κ3) is 7.51. The summed E-state index contributed by atoms with van der Waals surface area (Å²) < 4.78 is 116. The van der Waals surface area contributed by atoms with Gasteiger partial charge < -0.3 is 18.9 Å². The number of ether oxygens (including phenoxy) is 4. The zero-order valence-electron chi connectivity index (χ0n) is 23.3. The molecule has 2 aromatic rings. The molecule has 42 heavy (non-hydrogen) atoms. The molecule has 1 aliphatic heterocycles. The van der Waals surface area contributed by atoms with E-state index in [1.54, 1.807) is 0 Å². The molecule has 0 spiro atoms. The summed E-state index contributed by atoms with van der Waals surface area (Å²) in [5.41, 5.74) is 0.118. The van der Waals surface area contributed by atoms with Crippen LogP contribution >= 0.6 is 0 Å². The number of benzene rings is 2. The molecule has 232 valence electrons. The van der Waals surface area contributed by atoms with Crippen molar-refractivity contribution in [3.63, 3.8) is 0 Å². The molecule has 2 aliphatic carbocycles. The van der Waals surface area contributed by atoms with Gasteiger partial charge in [0.2, 0.25) is 5.75 Å². The average molecular weight is 605 g/mol. The number of hydrogen-bond acceptors (Lipinski definition) is 4. The first kappa shape index (κ1) is 30.9. The highest BCUT2D eigenvalue weighted by Gasteiger charge is 2.45. The van der Waals surface area contributed by atoms with Crippen LogP contribution in [-0.2, 0) is 9.47 Å². The van der Waals surface area contributed by atoms with E-state index in [0.717, 1.165) is 51.7 Å². The van der Waals surface area contributed by atoms with Gasteiger partial charge in [0.1, 0.15) is 5.75 Å². The number of hydrogen-bond donors (Lipinski definition) is 0. The van der Waals surface area contributed by atoms with E-state index in [1.165, 1.54) is 24.3 Å². The predicted molar refractivity (Wildman–Crippen MR) is 140 cm³/mol. The van der Waals surface area contributed by atoms with Crippen molar-refractivity contribution in [2.45, 2.75) is 77.1 Å². The quantitative estimate of drug-likeness (QED) is 0.296. The summed E-state index contributed by atoms with van der Waals surface area (Å²) in [6.07, 6.45) is -2.45. The van der Waals surface area contributed by atoms with Crippen molar-refractivity contribution < 1.29 is 49.7 Å². The molecular formula is C31H35F7O4. The summed E-state index contributed by atoms with van der Waals surface area (Å²) >= 11 is 0.